The van der Waals surface area contributed by atoms with Crippen LogP contribution < -0.4 is 15.4 Å². The molecule has 1 aromatic rings. The molecule has 1 aromatic carbocycles. The number of likely N-dealkylation sites (N-methyl/N-ethyl adjacent to an activating group) is 1. The molecule has 2 unspecified atom stereocenters. The largest absolute Gasteiger partial charge is 0.497 e. The number of hydrogen-bond donors (Lipinski definition) is 2. The molecule has 6 heteroatoms. The van der Waals surface area contributed by atoms with Gasteiger partial charge in [-0.15, -0.1) is 0 Å². The van der Waals surface area contributed by atoms with E-state index in [1.54, 1.807) is 14.2 Å². The molecular formula is C19H29N3O3. The Morgan fingerprint density at radius 1 is 1.24 bits per heavy atom. The smallest absolute Gasteiger partial charge is 0.241 e. The zero-order valence-corrected chi connectivity index (χ0v) is 15.8. The molecule has 0 aliphatic carbocycles. The van der Waals surface area contributed by atoms with Crippen LogP contribution >= 0.6 is 0 Å². The first-order valence-electron chi connectivity index (χ1n) is 8.70. The quantitative estimate of drug-likeness (QED) is 0.853. The standard InChI is InChI=1S/C19H29N3O3/c1-19(2,3)21-17(23)15-7-6-12-22(15)16(18(24)20-4)13-8-10-14(25-5)11-9-13/h8-11,15-16H,6-7,12H2,1-5H3,(H,20,24)(H,21,23). The molecule has 0 bridgehead atoms. The number of ether oxygens (including phenoxy) is 1. The molecule has 0 radical (unpaired) electrons. The molecule has 0 saturated carbocycles. The highest BCUT2D eigenvalue weighted by molar-refractivity contribution is 5.86. The summed E-state index contributed by atoms with van der Waals surface area (Å²) < 4.78 is 5.20. The predicted octanol–water partition coefficient (Wildman–Crippen LogP) is 1.86. The van der Waals surface area contributed by atoms with Gasteiger partial charge in [0.05, 0.1) is 13.2 Å². The Balaban J connectivity index is 2.29. The van der Waals surface area contributed by atoms with Crippen LogP contribution in [0.5, 0.6) is 5.75 Å². The molecule has 2 rings (SSSR count). The number of hydrogen-bond acceptors (Lipinski definition) is 4. The Labute approximate surface area is 149 Å². The summed E-state index contributed by atoms with van der Waals surface area (Å²) in [6.45, 7) is 6.60. The van der Waals surface area contributed by atoms with E-state index in [1.165, 1.54) is 0 Å². The number of rotatable bonds is 5. The Morgan fingerprint density at radius 2 is 1.88 bits per heavy atom. The number of amides is 2. The van der Waals surface area contributed by atoms with Crippen LogP contribution in [-0.2, 0) is 9.59 Å². The van der Waals surface area contributed by atoms with Gasteiger partial charge in [0.15, 0.2) is 0 Å². The van der Waals surface area contributed by atoms with Crippen LogP contribution in [0.3, 0.4) is 0 Å². The lowest BCUT2D eigenvalue weighted by molar-refractivity contribution is -0.131. The summed E-state index contributed by atoms with van der Waals surface area (Å²) in [4.78, 5) is 27.3. The van der Waals surface area contributed by atoms with Crippen molar-refractivity contribution in [2.45, 2.75) is 51.2 Å². The first kappa shape index (κ1) is 19.2. The molecule has 2 atom stereocenters. The molecule has 0 spiro atoms. The summed E-state index contributed by atoms with van der Waals surface area (Å²) in [5.41, 5.74) is 0.559. The minimum Gasteiger partial charge on any atom is -0.497 e. The lowest BCUT2D eigenvalue weighted by Gasteiger charge is -2.33. The van der Waals surface area contributed by atoms with Crippen LogP contribution in [0.1, 0.15) is 45.2 Å². The molecular weight excluding hydrogens is 318 g/mol. The predicted molar refractivity (Wildman–Crippen MR) is 97.4 cm³/mol. The summed E-state index contributed by atoms with van der Waals surface area (Å²) in [6, 6.07) is 6.65. The van der Waals surface area contributed by atoms with E-state index >= 15 is 0 Å². The normalized spacial score (nSPS) is 19.3. The van der Waals surface area contributed by atoms with Crippen LogP contribution in [0, 0.1) is 0 Å². The van der Waals surface area contributed by atoms with Crippen LogP contribution in [0.15, 0.2) is 24.3 Å². The maximum Gasteiger partial charge on any atom is 0.241 e. The van der Waals surface area contributed by atoms with Crippen molar-refractivity contribution in [2.75, 3.05) is 20.7 Å². The molecule has 1 heterocycles. The Kier molecular flexibility index (Phi) is 6.06. The molecule has 1 aliphatic rings. The molecule has 0 aromatic heterocycles. The van der Waals surface area contributed by atoms with Gasteiger partial charge >= 0.3 is 0 Å². The van der Waals surface area contributed by atoms with Crippen molar-refractivity contribution in [1.82, 2.24) is 15.5 Å². The molecule has 1 saturated heterocycles. The summed E-state index contributed by atoms with van der Waals surface area (Å²) >= 11 is 0. The third-order valence-corrected chi connectivity index (χ3v) is 4.35. The second kappa shape index (κ2) is 7.87. The molecule has 2 amide bonds. The number of benzene rings is 1. The summed E-state index contributed by atoms with van der Waals surface area (Å²) in [6.07, 6.45) is 1.65. The fourth-order valence-electron chi connectivity index (χ4n) is 3.25. The van der Waals surface area contributed by atoms with Gasteiger partial charge in [-0.3, -0.25) is 14.5 Å². The third-order valence-electron chi connectivity index (χ3n) is 4.35. The molecule has 25 heavy (non-hydrogen) atoms. The minimum absolute atomic E-state index is 0.0209. The van der Waals surface area contributed by atoms with Crippen LogP contribution in [0.25, 0.3) is 0 Å². The highest BCUT2D eigenvalue weighted by atomic mass is 16.5. The van der Waals surface area contributed by atoms with Gasteiger partial charge in [-0.1, -0.05) is 12.1 Å². The van der Waals surface area contributed by atoms with E-state index in [2.05, 4.69) is 10.6 Å². The average Bonchev–Trinajstić information content (AvgIpc) is 3.03. The first-order valence-corrected chi connectivity index (χ1v) is 8.70. The zero-order valence-electron chi connectivity index (χ0n) is 15.8. The van der Waals surface area contributed by atoms with E-state index in [9.17, 15) is 9.59 Å². The molecule has 1 aliphatic heterocycles. The van der Waals surface area contributed by atoms with E-state index in [0.717, 1.165) is 24.2 Å². The lowest BCUT2D eigenvalue weighted by Crippen LogP contribution is -2.52. The average molecular weight is 347 g/mol. The van der Waals surface area contributed by atoms with Gasteiger partial charge in [0.2, 0.25) is 11.8 Å². The van der Waals surface area contributed by atoms with Gasteiger partial charge in [-0.2, -0.15) is 0 Å². The van der Waals surface area contributed by atoms with Crippen molar-refractivity contribution in [1.29, 1.82) is 0 Å². The maximum atomic E-state index is 12.7. The Bertz CT molecular complexity index is 607. The second-order valence-corrected chi connectivity index (χ2v) is 7.43. The number of carbonyl (C=O) groups is 2. The van der Waals surface area contributed by atoms with Crippen LogP contribution in [0.2, 0.25) is 0 Å². The van der Waals surface area contributed by atoms with E-state index < -0.39 is 6.04 Å². The Morgan fingerprint density at radius 3 is 2.40 bits per heavy atom. The minimum atomic E-state index is -0.492. The zero-order chi connectivity index (χ0) is 18.6. The molecule has 2 N–H and O–H groups in total. The number of methoxy groups -OCH3 is 1. The monoisotopic (exact) mass is 347 g/mol. The number of nitrogens with zero attached hydrogens (tertiary/aromatic N) is 1. The first-order chi connectivity index (χ1) is 11.8. The second-order valence-electron chi connectivity index (χ2n) is 7.43. The Hall–Kier alpha value is -2.08. The van der Waals surface area contributed by atoms with Crippen molar-refractivity contribution in [3.63, 3.8) is 0 Å². The van der Waals surface area contributed by atoms with E-state index in [-0.39, 0.29) is 23.4 Å². The number of nitrogens with one attached hydrogen (secondary N) is 2. The van der Waals surface area contributed by atoms with Gasteiger partial charge in [-0.05, 0) is 51.3 Å². The van der Waals surface area contributed by atoms with Crippen molar-refractivity contribution < 1.29 is 14.3 Å². The third kappa shape index (κ3) is 4.72. The van der Waals surface area contributed by atoms with Gasteiger partial charge in [0.1, 0.15) is 11.8 Å². The highest BCUT2D eigenvalue weighted by Gasteiger charge is 2.39. The van der Waals surface area contributed by atoms with Gasteiger partial charge in [0, 0.05) is 19.1 Å². The summed E-state index contributed by atoms with van der Waals surface area (Å²) in [5.74, 6) is 0.607. The van der Waals surface area contributed by atoms with Gasteiger partial charge < -0.3 is 15.4 Å². The van der Waals surface area contributed by atoms with Gasteiger partial charge in [0.25, 0.3) is 0 Å². The van der Waals surface area contributed by atoms with E-state index in [1.807, 2.05) is 49.9 Å². The fraction of sp³-hybridized carbons (Fsp3) is 0.579. The van der Waals surface area contributed by atoms with Crippen molar-refractivity contribution in [3.8, 4) is 5.75 Å². The topological polar surface area (TPSA) is 70.7 Å². The van der Waals surface area contributed by atoms with Crippen molar-refractivity contribution in [3.05, 3.63) is 29.8 Å². The number of carbonyl (C=O) groups excluding carboxylic acids is 2. The molecule has 1 fully saturated rings. The van der Waals surface area contributed by atoms with Crippen molar-refractivity contribution in [2.24, 2.45) is 0 Å². The summed E-state index contributed by atoms with van der Waals surface area (Å²) in [5, 5.41) is 5.77. The van der Waals surface area contributed by atoms with Crippen molar-refractivity contribution >= 4 is 11.8 Å². The van der Waals surface area contributed by atoms with Crippen LogP contribution in [-0.4, -0.2) is 49.0 Å². The number of likely N-dealkylation sites (tertiary alicyclic amines) is 1. The molecule has 138 valence electrons. The summed E-state index contributed by atoms with van der Waals surface area (Å²) in [7, 11) is 3.23. The SMILES string of the molecule is CNC(=O)C(c1ccc(OC)cc1)N1CCCC1C(=O)NC(C)(C)C. The molecule has 6 nitrogen and oxygen atoms in total. The maximum absolute atomic E-state index is 12.7. The van der Waals surface area contributed by atoms with Crippen LogP contribution in [0.4, 0.5) is 0 Å². The van der Waals surface area contributed by atoms with E-state index in [4.69, 9.17) is 4.74 Å². The van der Waals surface area contributed by atoms with Gasteiger partial charge in [-0.25, -0.2) is 0 Å². The fourth-order valence-corrected chi connectivity index (χ4v) is 3.25. The highest BCUT2D eigenvalue weighted by Crippen LogP contribution is 2.31. The lowest BCUT2D eigenvalue weighted by atomic mass is 10.0. The van der Waals surface area contributed by atoms with E-state index in [0.29, 0.717) is 6.54 Å².